The van der Waals surface area contributed by atoms with Gasteiger partial charge in [0, 0.05) is 23.9 Å². The van der Waals surface area contributed by atoms with Crippen LogP contribution in [0.3, 0.4) is 0 Å². The second-order valence-electron chi connectivity index (χ2n) is 4.20. The van der Waals surface area contributed by atoms with E-state index in [2.05, 4.69) is 16.6 Å². The number of ether oxygens (including phenoxy) is 1. The van der Waals surface area contributed by atoms with Crippen LogP contribution in [0.2, 0.25) is 0 Å². The number of hydrogen-bond acceptors (Lipinski definition) is 5. The number of hydrogen-bond donors (Lipinski definition) is 1. The van der Waals surface area contributed by atoms with E-state index in [1.54, 1.807) is 24.9 Å². The van der Waals surface area contributed by atoms with Crippen LogP contribution < -0.4 is 5.32 Å². The molecule has 0 aliphatic heterocycles. The molecule has 2 rings (SSSR count). The lowest BCUT2D eigenvalue weighted by molar-refractivity contribution is 0.0527. The van der Waals surface area contributed by atoms with Crippen LogP contribution in [0, 0.1) is 0 Å². The van der Waals surface area contributed by atoms with E-state index in [1.807, 2.05) is 24.3 Å². The number of benzene rings is 1. The highest BCUT2D eigenvalue weighted by Gasteiger charge is 2.15. The molecule has 5 heteroatoms. The highest BCUT2D eigenvalue weighted by Crippen LogP contribution is 2.26. The predicted molar refractivity (Wildman–Crippen MR) is 84.6 cm³/mol. The molecule has 0 unspecified atom stereocenters. The van der Waals surface area contributed by atoms with Gasteiger partial charge in [0.2, 0.25) is 0 Å². The zero-order valence-corrected chi connectivity index (χ0v) is 12.5. The molecule has 0 spiro atoms. The van der Waals surface area contributed by atoms with Crippen molar-refractivity contribution in [2.45, 2.75) is 6.92 Å². The average molecular weight is 290 g/mol. The van der Waals surface area contributed by atoms with Gasteiger partial charge in [-0.1, -0.05) is 18.2 Å². The van der Waals surface area contributed by atoms with Crippen LogP contribution in [-0.2, 0) is 4.74 Å². The summed E-state index contributed by atoms with van der Waals surface area (Å²) >= 11 is 1.76. The molecule has 0 aliphatic carbocycles. The molecule has 0 amide bonds. The molecule has 0 fully saturated rings. The van der Waals surface area contributed by atoms with E-state index in [0.29, 0.717) is 12.2 Å². The van der Waals surface area contributed by atoms with Crippen LogP contribution in [0.25, 0.3) is 10.9 Å². The fourth-order valence-corrected chi connectivity index (χ4v) is 2.28. The molecular formula is C15H18N2O2S. The molecule has 0 saturated carbocycles. The van der Waals surface area contributed by atoms with Crippen LogP contribution in [0.1, 0.15) is 17.3 Å². The summed E-state index contributed by atoms with van der Waals surface area (Å²) in [5.41, 5.74) is 2.17. The Balaban J connectivity index is 2.44. The number of fused-ring (bicyclic) bond motifs is 1. The van der Waals surface area contributed by atoms with Crippen LogP contribution in [-0.4, -0.2) is 36.1 Å². The Hall–Kier alpha value is -1.75. The molecule has 0 bridgehead atoms. The SMILES string of the molecule is CCOC(=O)c1cnc2ccccc2c1NCCSC. The van der Waals surface area contributed by atoms with Gasteiger partial charge in [-0.15, -0.1) is 0 Å². The van der Waals surface area contributed by atoms with E-state index in [0.717, 1.165) is 28.9 Å². The maximum atomic E-state index is 12.0. The highest BCUT2D eigenvalue weighted by molar-refractivity contribution is 7.98. The van der Waals surface area contributed by atoms with Crippen molar-refractivity contribution in [3.8, 4) is 0 Å². The van der Waals surface area contributed by atoms with Gasteiger partial charge >= 0.3 is 5.97 Å². The summed E-state index contributed by atoms with van der Waals surface area (Å²) < 4.78 is 5.10. The number of thioether (sulfide) groups is 1. The van der Waals surface area contributed by atoms with Gasteiger partial charge < -0.3 is 10.1 Å². The van der Waals surface area contributed by atoms with Gasteiger partial charge in [0.15, 0.2) is 0 Å². The standard InChI is InChI=1S/C15H18N2O2S/c1-3-19-15(18)12-10-17-13-7-5-4-6-11(13)14(12)16-8-9-20-2/h4-7,10H,3,8-9H2,1-2H3,(H,16,17). The molecule has 1 aromatic heterocycles. The van der Waals surface area contributed by atoms with E-state index < -0.39 is 0 Å². The zero-order chi connectivity index (χ0) is 14.4. The van der Waals surface area contributed by atoms with Crippen LogP contribution in [0.4, 0.5) is 5.69 Å². The highest BCUT2D eigenvalue weighted by atomic mass is 32.2. The number of nitrogens with zero attached hydrogens (tertiary/aromatic N) is 1. The summed E-state index contributed by atoms with van der Waals surface area (Å²) in [5.74, 6) is 0.635. The third-order valence-corrected chi connectivity index (χ3v) is 3.49. The van der Waals surface area contributed by atoms with Gasteiger partial charge in [0.05, 0.1) is 17.8 Å². The third kappa shape index (κ3) is 3.22. The molecular weight excluding hydrogens is 272 g/mol. The molecule has 4 nitrogen and oxygen atoms in total. The molecule has 20 heavy (non-hydrogen) atoms. The summed E-state index contributed by atoms with van der Waals surface area (Å²) in [4.78, 5) is 16.4. The van der Waals surface area contributed by atoms with Crippen molar-refractivity contribution in [3.63, 3.8) is 0 Å². The smallest absolute Gasteiger partial charge is 0.341 e. The fraction of sp³-hybridized carbons (Fsp3) is 0.333. The second kappa shape index (κ2) is 7.14. The van der Waals surface area contributed by atoms with E-state index in [4.69, 9.17) is 4.74 Å². The molecule has 1 heterocycles. The Morgan fingerprint density at radius 2 is 2.20 bits per heavy atom. The van der Waals surface area contributed by atoms with Crippen molar-refractivity contribution >= 4 is 34.3 Å². The molecule has 0 atom stereocenters. The minimum Gasteiger partial charge on any atom is -0.462 e. The molecule has 0 radical (unpaired) electrons. The Labute approximate surface area is 122 Å². The summed E-state index contributed by atoms with van der Waals surface area (Å²) in [7, 11) is 0. The quantitative estimate of drug-likeness (QED) is 0.654. The maximum Gasteiger partial charge on any atom is 0.341 e. The first kappa shape index (κ1) is 14.7. The fourth-order valence-electron chi connectivity index (χ4n) is 1.97. The average Bonchev–Trinajstić information content (AvgIpc) is 2.47. The van der Waals surface area contributed by atoms with Crippen LogP contribution in [0.5, 0.6) is 0 Å². The maximum absolute atomic E-state index is 12.0. The minimum atomic E-state index is -0.336. The summed E-state index contributed by atoms with van der Waals surface area (Å²) in [6, 6.07) is 7.78. The lowest BCUT2D eigenvalue weighted by Crippen LogP contribution is -2.12. The summed E-state index contributed by atoms with van der Waals surface area (Å²) in [6.07, 6.45) is 3.64. The van der Waals surface area contributed by atoms with Gasteiger partial charge in [-0.3, -0.25) is 4.98 Å². The van der Waals surface area contributed by atoms with Gasteiger partial charge in [-0.25, -0.2) is 4.79 Å². The number of para-hydroxylation sites is 1. The third-order valence-electron chi connectivity index (χ3n) is 2.88. The van der Waals surface area contributed by atoms with Crippen molar-refractivity contribution in [2.24, 2.45) is 0 Å². The number of aromatic nitrogens is 1. The molecule has 1 N–H and O–H groups in total. The van der Waals surface area contributed by atoms with Crippen molar-refractivity contribution in [1.29, 1.82) is 0 Å². The van der Waals surface area contributed by atoms with Crippen LogP contribution >= 0.6 is 11.8 Å². The lowest BCUT2D eigenvalue weighted by Gasteiger charge is -2.13. The van der Waals surface area contributed by atoms with Crippen molar-refractivity contribution in [1.82, 2.24) is 4.98 Å². The Kier molecular flexibility index (Phi) is 5.24. The largest absolute Gasteiger partial charge is 0.462 e. The van der Waals surface area contributed by atoms with Crippen molar-refractivity contribution in [3.05, 3.63) is 36.0 Å². The number of rotatable bonds is 6. The molecule has 0 aliphatic rings. The van der Waals surface area contributed by atoms with Gasteiger partial charge in [0.1, 0.15) is 5.56 Å². The Bertz CT molecular complexity index is 601. The zero-order valence-electron chi connectivity index (χ0n) is 11.7. The van der Waals surface area contributed by atoms with Gasteiger partial charge in [-0.05, 0) is 19.2 Å². The number of esters is 1. The minimum absolute atomic E-state index is 0.336. The van der Waals surface area contributed by atoms with Crippen LogP contribution in [0.15, 0.2) is 30.5 Å². The normalized spacial score (nSPS) is 10.5. The molecule has 2 aromatic rings. The Morgan fingerprint density at radius 1 is 1.40 bits per heavy atom. The van der Waals surface area contributed by atoms with Gasteiger partial charge in [0.25, 0.3) is 0 Å². The topological polar surface area (TPSA) is 51.2 Å². The first-order chi connectivity index (χ1) is 9.77. The van der Waals surface area contributed by atoms with E-state index in [-0.39, 0.29) is 5.97 Å². The lowest BCUT2D eigenvalue weighted by atomic mass is 10.1. The predicted octanol–water partition coefficient (Wildman–Crippen LogP) is 3.19. The first-order valence-corrected chi connectivity index (χ1v) is 7.95. The molecule has 106 valence electrons. The number of pyridine rings is 1. The van der Waals surface area contributed by atoms with E-state index >= 15 is 0 Å². The summed E-state index contributed by atoms with van der Waals surface area (Å²) in [6.45, 7) is 2.95. The van der Waals surface area contributed by atoms with Crippen molar-refractivity contribution in [2.75, 3.05) is 30.5 Å². The first-order valence-electron chi connectivity index (χ1n) is 6.55. The molecule has 1 aromatic carbocycles. The number of carbonyl (C=O) groups is 1. The molecule has 0 saturated heterocycles. The number of carbonyl (C=O) groups excluding carboxylic acids is 1. The number of nitrogens with one attached hydrogen (secondary N) is 1. The Morgan fingerprint density at radius 3 is 2.95 bits per heavy atom. The van der Waals surface area contributed by atoms with E-state index in [1.165, 1.54) is 0 Å². The summed E-state index contributed by atoms with van der Waals surface area (Å²) in [5, 5.41) is 4.28. The van der Waals surface area contributed by atoms with Crippen molar-refractivity contribution < 1.29 is 9.53 Å². The van der Waals surface area contributed by atoms with E-state index in [9.17, 15) is 4.79 Å². The second-order valence-corrected chi connectivity index (χ2v) is 5.19. The van der Waals surface area contributed by atoms with Gasteiger partial charge in [-0.2, -0.15) is 11.8 Å². The number of anilines is 1. The monoisotopic (exact) mass is 290 g/mol.